The van der Waals surface area contributed by atoms with E-state index in [-0.39, 0.29) is 31.1 Å². The van der Waals surface area contributed by atoms with Gasteiger partial charge in [0.2, 0.25) is 5.91 Å². The number of benzene rings is 1. The van der Waals surface area contributed by atoms with Gasteiger partial charge in [-0.15, -0.1) is 6.58 Å². The molecule has 0 spiro atoms. The molecule has 0 heterocycles. The van der Waals surface area contributed by atoms with Crippen molar-refractivity contribution in [1.82, 2.24) is 5.01 Å². The second-order valence-electron chi connectivity index (χ2n) is 5.74. The van der Waals surface area contributed by atoms with Gasteiger partial charge in [0.1, 0.15) is 6.61 Å². The third-order valence-corrected chi connectivity index (χ3v) is 3.68. The highest BCUT2D eigenvalue weighted by molar-refractivity contribution is 6.03. The minimum atomic E-state index is -0.550. The zero-order valence-corrected chi connectivity index (χ0v) is 16.3. The van der Waals surface area contributed by atoms with Gasteiger partial charge < -0.3 is 9.47 Å². The molecule has 0 saturated carbocycles. The van der Waals surface area contributed by atoms with E-state index >= 15 is 0 Å². The van der Waals surface area contributed by atoms with Crippen molar-refractivity contribution in [3.8, 4) is 0 Å². The summed E-state index contributed by atoms with van der Waals surface area (Å²) in [6, 6.07) is 6.56. The third-order valence-electron chi connectivity index (χ3n) is 3.68. The normalized spacial score (nSPS) is 10.2. The average Bonchev–Trinajstić information content (AvgIpc) is 2.66. The Kier molecular flexibility index (Phi) is 9.82. The number of likely N-dealkylation sites (N-methyl/N-ethyl adjacent to an activating group) is 1. The predicted molar refractivity (Wildman–Crippen MR) is 103 cm³/mol. The monoisotopic (exact) mass is 376 g/mol. The topological polar surface area (TPSA) is 76.2 Å². The summed E-state index contributed by atoms with van der Waals surface area (Å²) in [6.07, 6.45) is 3.16. The molecule has 1 aromatic rings. The number of hydrogen-bond acceptors (Lipinski definition) is 5. The minimum Gasteiger partial charge on any atom is -0.462 e. The molecule has 1 rings (SSSR count). The van der Waals surface area contributed by atoms with Gasteiger partial charge in [0.15, 0.2) is 0 Å². The van der Waals surface area contributed by atoms with Crippen molar-refractivity contribution >= 4 is 23.5 Å². The fourth-order valence-corrected chi connectivity index (χ4v) is 2.35. The van der Waals surface area contributed by atoms with E-state index in [9.17, 15) is 14.4 Å². The van der Waals surface area contributed by atoms with Gasteiger partial charge in [0, 0.05) is 13.5 Å². The van der Waals surface area contributed by atoms with E-state index in [2.05, 4.69) is 6.58 Å². The molecule has 0 fully saturated rings. The first-order chi connectivity index (χ1) is 13.0. The summed E-state index contributed by atoms with van der Waals surface area (Å²) in [4.78, 5) is 37.5. The van der Waals surface area contributed by atoms with Crippen LogP contribution in [-0.2, 0) is 19.1 Å². The summed E-state index contributed by atoms with van der Waals surface area (Å²) in [6.45, 7) is 7.57. The van der Waals surface area contributed by atoms with Gasteiger partial charge in [0.05, 0.1) is 24.5 Å². The quantitative estimate of drug-likeness (QED) is 0.272. The molecule has 0 saturated heterocycles. The van der Waals surface area contributed by atoms with E-state index in [4.69, 9.17) is 9.47 Å². The number of ether oxygens (including phenoxy) is 2. The van der Waals surface area contributed by atoms with Gasteiger partial charge in [-0.1, -0.05) is 25.1 Å². The molecule has 0 radical (unpaired) electrons. The lowest BCUT2D eigenvalue weighted by atomic mass is 10.1. The van der Waals surface area contributed by atoms with Crippen LogP contribution >= 0.6 is 0 Å². The largest absolute Gasteiger partial charge is 0.462 e. The summed E-state index contributed by atoms with van der Waals surface area (Å²) in [5.41, 5.74) is 0.521. The number of para-hydroxylation sites is 1. The molecule has 0 atom stereocenters. The standard InChI is InChI=1S/C20H28N2O5/c1-5-8-14-26-15-19(24)21(4)22(18(23)11-6-2)17-13-10-9-12-16(17)20(25)27-7-3/h5,9-10,12-13H,1,6-8,11,14-15H2,2-4H3. The van der Waals surface area contributed by atoms with Gasteiger partial charge in [-0.05, 0) is 31.9 Å². The Balaban J connectivity index is 3.15. The Morgan fingerprint density at radius 1 is 1.15 bits per heavy atom. The lowest BCUT2D eigenvalue weighted by Gasteiger charge is -2.33. The van der Waals surface area contributed by atoms with Crippen LogP contribution in [0.25, 0.3) is 0 Å². The number of carbonyl (C=O) groups is 3. The highest BCUT2D eigenvalue weighted by atomic mass is 16.5. The van der Waals surface area contributed by atoms with Gasteiger partial charge in [-0.25, -0.2) is 14.8 Å². The molecule has 7 heteroatoms. The smallest absolute Gasteiger partial charge is 0.340 e. The van der Waals surface area contributed by atoms with Crippen LogP contribution in [0.1, 0.15) is 43.5 Å². The van der Waals surface area contributed by atoms with Crippen LogP contribution in [0, 0.1) is 0 Å². The van der Waals surface area contributed by atoms with E-state index in [0.29, 0.717) is 25.1 Å². The van der Waals surface area contributed by atoms with Crippen molar-refractivity contribution in [3.05, 3.63) is 42.5 Å². The van der Waals surface area contributed by atoms with Gasteiger partial charge in [-0.2, -0.15) is 0 Å². The number of hydrogen-bond donors (Lipinski definition) is 0. The third kappa shape index (κ3) is 6.53. The minimum absolute atomic E-state index is 0.179. The number of esters is 1. The maximum absolute atomic E-state index is 12.7. The Morgan fingerprint density at radius 3 is 2.48 bits per heavy atom. The number of anilines is 1. The molecular weight excluding hydrogens is 348 g/mol. The van der Waals surface area contributed by atoms with Crippen LogP contribution < -0.4 is 5.01 Å². The van der Waals surface area contributed by atoms with Crippen LogP contribution in [-0.4, -0.2) is 49.7 Å². The SMILES string of the molecule is C=CCCOCC(=O)N(C)N(C(=O)CCC)c1ccccc1C(=O)OCC. The van der Waals surface area contributed by atoms with Crippen LogP contribution in [0.2, 0.25) is 0 Å². The fraction of sp³-hybridized carbons (Fsp3) is 0.450. The molecule has 27 heavy (non-hydrogen) atoms. The van der Waals surface area contributed by atoms with Crippen LogP contribution in [0.15, 0.2) is 36.9 Å². The molecule has 0 aliphatic rings. The molecule has 148 valence electrons. The lowest BCUT2D eigenvalue weighted by molar-refractivity contribution is -0.139. The molecule has 2 amide bonds. The van der Waals surface area contributed by atoms with Crippen molar-refractivity contribution in [2.75, 3.05) is 31.9 Å². The second kappa shape index (κ2) is 11.9. The van der Waals surface area contributed by atoms with E-state index in [1.807, 2.05) is 6.92 Å². The van der Waals surface area contributed by atoms with Crippen LogP contribution in [0.5, 0.6) is 0 Å². The van der Waals surface area contributed by atoms with Crippen LogP contribution in [0.4, 0.5) is 5.69 Å². The van der Waals surface area contributed by atoms with E-state index < -0.39 is 11.9 Å². The van der Waals surface area contributed by atoms with Crippen molar-refractivity contribution in [1.29, 1.82) is 0 Å². The summed E-state index contributed by atoms with van der Waals surface area (Å²) in [5, 5.41) is 2.40. The molecule has 1 aromatic carbocycles. The Bertz CT molecular complexity index is 660. The fourth-order valence-electron chi connectivity index (χ4n) is 2.35. The predicted octanol–water partition coefficient (Wildman–Crippen LogP) is 2.96. The Morgan fingerprint density at radius 2 is 1.85 bits per heavy atom. The van der Waals surface area contributed by atoms with E-state index in [1.54, 1.807) is 37.3 Å². The first-order valence-corrected chi connectivity index (χ1v) is 9.02. The van der Waals surface area contributed by atoms with Crippen molar-refractivity contribution in [2.45, 2.75) is 33.1 Å². The summed E-state index contributed by atoms with van der Waals surface area (Å²) >= 11 is 0. The van der Waals surface area contributed by atoms with Crippen molar-refractivity contribution in [3.63, 3.8) is 0 Å². The first-order valence-electron chi connectivity index (χ1n) is 9.02. The molecule has 0 aromatic heterocycles. The molecule has 0 N–H and O–H groups in total. The first kappa shape index (κ1) is 22.4. The van der Waals surface area contributed by atoms with E-state index in [1.165, 1.54) is 17.1 Å². The zero-order chi connectivity index (χ0) is 20.2. The zero-order valence-electron chi connectivity index (χ0n) is 16.3. The highest BCUT2D eigenvalue weighted by Gasteiger charge is 2.28. The number of amides is 2. The second-order valence-corrected chi connectivity index (χ2v) is 5.74. The van der Waals surface area contributed by atoms with Gasteiger partial charge >= 0.3 is 5.97 Å². The maximum Gasteiger partial charge on any atom is 0.340 e. The van der Waals surface area contributed by atoms with E-state index in [0.717, 1.165) is 0 Å². The molecule has 7 nitrogen and oxygen atoms in total. The molecular formula is C20H28N2O5. The summed E-state index contributed by atoms with van der Waals surface area (Å²) in [5.74, 6) is -1.25. The summed E-state index contributed by atoms with van der Waals surface area (Å²) < 4.78 is 10.4. The number of rotatable bonds is 10. The summed E-state index contributed by atoms with van der Waals surface area (Å²) in [7, 11) is 1.48. The van der Waals surface area contributed by atoms with Crippen molar-refractivity contribution in [2.24, 2.45) is 0 Å². The molecule has 0 aliphatic carbocycles. The number of nitrogens with zero attached hydrogens (tertiary/aromatic N) is 2. The van der Waals surface area contributed by atoms with Crippen LogP contribution in [0.3, 0.4) is 0 Å². The maximum atomic E-state index is 12.7. The van der Waals surface area contributed by atoms with Crippen molar-refractivity contribution < 1.29 is 23.9 Å². The highest BCUT2D eigenvalue weighted by Crippen LogP contribution is 2.24. The Hall–Kier alpha value is -2.67. The molecule has 0 aliphatic heterocycles. The molecule has 0 bridgehead atoms. The average molecular weight is 376 g/mol. The Labute approximate surface area is 160 Å². The number of carbonyl (C=O) groups excluding carboxylic acids is 3. The van der Waals surface area contributed by atoms with Gasteiger partial charge in [-0.3, -0.25) is 9.59 Å². The molecule has 0 unspecified atom stereocenters. The lowest BCUT2D eigenvalue weighted by Crippen LogP contribution is -2.49. The number of hydrazine groups is 1. The van der Waals surface area contributed by atoms with Gasteiger partial charge in [0.25, 0.3) is 5.91 Å².